The summed E-state index contributed by atoms with van der Waals surface area (Å²) >= 11 is 5.98. The number of hydrogen-bond acceptors (Lipinski definition) is 8. The van der Waals surface area contributed by atoms with E-state index in [-0.39, 0.29) is 52.7 Å². The van der Waals surface area contributed by atoms with Crippen LogP contribution in [0.25, 0.3) is 0 Å². The van der Waals surface area contributed by atoms with Crippen LogP contribution >= 0.6 is 11.6 Å². The third-order valence-corrected chi connectivity index (χ3v) is 6.23. The second kappa shape index (κ2) is 10.2. The molecule has 2 aliphatic rings. The van der Waals surface area contributed by atoms with Gasteiger partial charge in [-0.1, -0.05) is 11.6 Å². The number of nitrogens with one attached hydrogen (secondary N) is 2. The Morgan fingerprint density at radius 2 is 1.42 bits per heavy atom. The van der Waals surface area contributed by atoms with Gasteiger partial charge in [0.25, 0.3) is 11.8 Å². The predicted molar refractivity (Wildman–Crippen MR) is 129 cm³/mol. The average Bonchev–Trinajstić information content (AvgIpc) is 3.13. The van der Waals surface area contributed by atoms with Crippen molar-refractivity contribution in [2.75, 3.05) is 20.3 Å². The molecule has 1 aliphatic heterocycles. The first-order valence-corrected chi connectivity index (χ1v) is 11.8. The quantitative estimate of drug-likeness (QED) is 0.452. The lowest BCUT2D eigenvalue weighted by Gasteiger charge is -2.53. The first-order chi connectivity index (χ1) is 17.8. The maximum Gasteiger partial charge on any atom is 0.586 e. The first kappa shape index (κ1) is 27.2. The highest BCUT2D eigenvalue weighted by atomic mass is 35.5. The van der Waals surface area contributed by atoms with Gasteiger partial charge < -0.3 is 34.3 Å². The van der Waals surface area contributed by atoms with E-state index < -0.39 is 29.2 Å². The van der Waals surface area contributed by atoms with Crippen LogP contribution in [-0.4, -0.2) is 55.5 Å². The second-order valence-electron chi connectivity index (χ2n) is 9.56. The molecule has 1 aliphatic carbocycles. The van der Waals surface area contributed by atoms with Crippen molar-refractivity contribution in [3.05, 3.63) is 47.0 Å². The number of amides is 2. The Morgan fingerprint density at radius 3 is 2.00 bits per heavy atom. The fraction of sp³-hybridized carbons (Fsp3) is 0.400. The molecule has 0 bridgehead atoms. The second-order valence-corrected chi connectivity index (χ2v) is 9.97. The zero-order valence-corrected chi connectivity index (χ0v) is 21.4. The van der Waals surface area contributed by atoms with E-state index in [0.29, 0.717) is 12.8 Å². The number of carbonyl (C=O) groups is 3. The molecule has 13 heteroatoms. The van der Waals surface area contributed by atoms with E-state index in [4.69, 9.17) is 21.1 Å². The number of hydrogen-bond donors (Lipinski definition) is 2. The Morgan fingerprint density at radius 1 is 0.895 bits per heavy atom. The summed E-state index contributed by atoms with van der Waals surface area (Å²) in [6.07, 6.45) is -2.84. The number of esters is 1. The fourth-order valence-corrected chi connectivity index (χ4v) is 4.96. The fourth-order valence-electron chi connectivity index (χ4n) is 4.77. The summed E-state index contributed by atoms with van der Waals surface area (Å²) < 4.78 is 50.5. The molecule has 1 heterocycles. The lowest BCUT2D eigenvalue weighted by Crippen LogP contribution is -2.69. The van der Waals surface area contributed by atoms with Gasteiger partial charge in [-0.25, -0.2) is 4.79 Å². The SMILES string of the molecule is COC(=O)c1cc(OCC(=O)NC2(C)CC(C)(NC(=O)COc3ccc4c(c3)OC(F)(F)O4)C2)ccc1Cl. The zero-order chi connectivity index (χ0) is 27.7. The number of halogens is 3. The summed E-state index contributed by atoms with van der Waals surface area (Å²) in [5, 5.41) is 5.95. The number of carbonyl (C=O) groups excluding carboxylic acids is 3. The van der Waals surface area contributed by atoms with E-state index >= 15 is 0 Å². The Labute approximate surface area is 221 Å². The van der Waals surface area contributed by atoms with Gasteiger partial charge in [0.05, 0.1) is 17.7 Å². The normalized spacial score (nSPS) is 22.6. The van der Waals surface area contributed by atoms with Gasteiger partial charge in [0.1, 0.15) is 11.5 Å². The van der Waals surface area contributed by atoms with Crippen LogP contribution in [-0.2, 0) is 14.3 Å². The smallest absolute Gasteiger partial charge is 0.484 e. The number of ether oxygens (including phenoxy) is 5. The summed E-state index contributed by atoms with van der Waals surface area (Å²) in [4.78, 5) is 36.6. The van der Waals surface area contributed by atoms with E-state index in [2.05, 4.69) is 24.8 Å². The van der Waals surface area contributed by atoms with Crippen molar-refractivity contribution in [1.82, 2.24) is 10.6 Å². The summed E-state index contributed by atoms with van der Waals surface area (Å²) in [6, 6.07) is 8.25. The Kier molecular flexibility index (Phi) is 7.29. The molecule has 2 N–H and O–H groups in total. The number of rotatable bonds is 9. The Bertz CT molecular complexity index is 1270. The van der Waals surface area contributed by atoms with Gasteiger partial charge in [-0.05, 0) is 57.0 Å². The van der Waals surface area contributed by atoms with Crippen molar-refractivity contribution < 1.29 is 46.8 Å². The van der Waals surface area contributed by atoms with Gasteiger partial charge in [0.2, 0.25) is 0 Å². The van der Waals surface area contributed by atoms with Gasteiger partial charge in [0, 0.05) is 17.1 Å². The van der Waals surface area contributed by atoms with Crippen LogP contribution in [0.4, 0.5) is 8.78 Å². The molecule has 2 aromatic rings. The van der Waals surface area contributed by atoms with Crippen LogP contribution in [0.2, 0.25) is 5.02 Å². The highest BCUT2D eigenvalue weighted by Crippen LogP contribution is 2.43. The van der Waals surface area contributed by atoms with Crippen LogP contribution < -0.4 is 29.6 Å². The topological polar surface area (TPSA) is 121 Å². The van der Waals surface area contributed by atoms with E-state index in [1.165, 1.54) is 43.5 Å². The summed E-state index contributed by atoms with van der Waals surface area (Å²) in [5.41, 5.74) is -1.05. The van der Waals surface area contributed by atoms with E-state index in [1.807, 2.05) is 13.8 Å². The predicted octanol–water partition coefficient (Wildman–Crippen LogP) is 3.45. The summed E-state index contributed by atoms with van der Waals surface area (Å²) in [6.45, 7) is 3.03. The molecular formula is C25H25ClF2N2O8. The van der Waals surface area contributed by atoms with Gasteiger partial charge in [-0.15, -0.1) is 8.78 Å². The number of fused-ring (bicyclic) bond motifs is 1. The van der Waals surface area contributed by atoms with Crippen molar-refractivity contribution in [2.45, 2.75) is 44.1 Å². The van der Waals surface area contributed by atoms with E-state index in [9.17, 15) is 23.2 Å². The third-order valence-electron chi connectivity index (χ3n) is 5.90. The molecule has 1 saturated carbocycles. The minimum absolute atomic E-state index is 0.119. The maximum atomic E-state index is 13.1. The maximum absolute atomic E-state index is 13.1. The lowest BCUT2D eigenvalue weighted by molar-refractivity contribution is -0.286. The molecule has 0 unspecified atom stereocenters. The van der Waals surface area contributed by atoms with Gasteiger partial charge in [-0.3, -0.25) is 9.59 Å². The minimum atomic E-state index is -3.74. The molecule has 38 heavy (non-hydrogen) atoms. The average molecular weight is 555 g/mol. The molecular weight excluding hydrogens is 530 g/mol. The molecule has 0 aromatic heterocycles. The highest BCUT2D eigenvalue weighted by molar-refractivity contribution is 6.33. The molecule has 0 atom stereocenters. The van der Waals surface area contributed by atoms with E-state index in [0.717, 1.165) is 0 Å². The molecule has 0 saturated heterocycles. The molecule has 2 aromatic carbocycles. The van der Waals surface area contributed by atoms with Crippen molar-refractivity contribution in [1.29, 1.82) is 0 Å². The molecule has 204 valence electrons. The summed E-state index contributed by atoms with van der Waals surface area (Å²) in [7, 11) is 1.23. The van der Waals surface area contributed by atoms with Crippen LogP contribution in [0.1, 0.15) is 37.0 Å². The monoisotopic (exact) mass is 554 g/mol. The van der Waals surface area contributed by atoms with Crippen molar-refractivity contribution >= 4 is 29.4 Å². The molecule has 4 rings (SSSR count). The van der Waals surface area contributed by atoms with Crippen LogP contribution in [0.3, 0.4) is 0 Å². The number of methoxy groups -OCH3 is 1. The van der Waals surface area contributed by atoms with Gasteiger partial charge in [-0.2, -0.15) is 0 Å². The van der Waals surface area contributed by atoms with Crippen molar-refractivity contribution in [3.63, 3.8) is 0 Å². The highest BCUT2D eigenvalue weighted by Gasteiger charge is 2.50. The lowest BCUT2D eigenvalue weighted by atomic mass is 9.64. The van der Waals surface area contributed by atoms with Crippen LogP contribution in [0.15, 0.2) is 36.4 Å². The standard InChI is InChI=1S/C25H25ClF2N2O8/c1-23(29-20(31)10-35-14-4-6-17(26)16(8-14)22(33)34-3)12-24(2,13-23)30-21(32)11-36-15-5-7-18-19(9-15)38-25(27,28)37-18/h4-9H,10-13H2,1-3H3,(H,29,31)(H,30,32). The molecule has 10 nitrogen and oxygen atoms in total. The number of benzene rings is 2. The van der Waals surface area contributed by atoms with Crippen LogP contribution in [0, 0.1) is 0 Å². The number of alkyl halides is 2. The Hall–Kier alpha value is -3.80. The van der Waals surface area contributed by atoms with Crippen molar-refractivity contribution in [3.8, 4) is 23.0 Å². The third kappa shape index (κ3) is 6.36. The van der Waals surface area contributed by atoms with Crippen LogP contribution in [0.5, 0.6) is 23.0 Å². The van der Waals surface area contributed by atoms with Crippen molar-refractivity contribution in [2.24, 2.45) is 0 Å². The van der Waals surface area contributed by atoms with Gasteiger partial charge in [0.15, 0.2) is 24.7 Å². The molecule has 0 spiro atoms. The van der Waals surface area contributed by atoms with E-state index in [1.54, 1.807) is 0 Å². The zero-order valence-electron chi connectivity index (χ0n) is 20.7. The largest absolute Gasteiger partial charge is 0.586 e. The van der Waals surface area contributed by atoms with Gasteiger partial charge >= 0.3 is 12.3 Å². The molecule has 1 fully saturated rings. The Balaban J connectivity index is 1.21. The molecule has 2 amide bonds. The first-order valence-electron chi connectivity index (χ1n) is 11.4. The summed E-state index contributed by atoms with van der Waals surface area (Å²) in [5.74, 6) is -1.30. The molecule has 0 radical (unpaired) electrons. The minimum Gasteiger partial charge on any atom is -0.484 e.